The second-order valence-corrected chi connectivity index (χ2v) is 3.51. The SMILES string of the molecule is NCC[C@@H](N)c1ccc2cc[nH]c2c1. The van der Waals surface area contributed by atoms with Gasteiger partial charge < -0.3 is 16.5 Å². The first-order valence-electron chi connectivity index (χ1n) is 4.84. The lowest BCUT2D eigenvalue weighted by molar-refractivity contribution is 0.662. The first-order valence-corrected chi connectivity index (χ1v) is 4.84. The van der Waals surface area contributed by atoms with Crippen molar-refractivity contribution in [3.05, 3.63) is 36.0 Å². The molecule has 0 spiro atoms. The molecule has 0 saturated carbocycles. The van der Waals surface area contributed by atoms with E-state index in [1.165, 1.54) is 5.39 Å². The van der Waals surface area contributed by atoms with Gasteiger partial charge in [-0.15, -0.1) is 0 Å². The maximum absolute atomic E-state index is 5.97. The van der Waals surface area contributed by atoms with Gasteiger partial charge >= 0.3 is 0 Å². The maximum Gasteiger partial charge on any atom is 0.0457 e. The molecule has 1 atom stereocenters. The number of nitrogens with two attached hydrogens (primary N) is 2. The molecule has 74 valence electrons. The van der Waals surface area contributed by atoms with E-state index in [4.69, 9.17) is 11.5 Å². The van der Waals surface area contributed by atoms with Crippen molar-refractivity contribution in [2.45, 2.75) is 12.5 Å². The third kappa shape index (κ3) is 1.64. The van der Waals surface area contributed by atoms with Gasteiger partial charge in [0.25, 0.3) is 0 Å². The van der Waals surface area contributed by atoms with Crippen molar-refractivity contribution in [1.82, 2.24) is 4.98 Å². The first-order chi connectivity index (χ1) is 6.81. The van der Waals surface area contributed by atoms with Gasteiger partial charge in [0.15, 0.2) is 0 Å². The molecule has 0 radical (unpaired) electrons. The van der Waals surface area contributed by atoms with Gasteiger partial charge in [-0.05, 0) is 36.0 Å². The molecular weight excluding hydrogens is 174 g/mol. The largest absolute Gasteiger partial charge is 0.361 e. The Balaban J connectivity index is 2.33. The highest BCUT2D eigenvalue weighted by atomic mass is 14.7. The van der Waals surface area contributed by atoms with Gasteiger partial charge in [0.05, 0.1) is 0 Å². The Morgan fingerprint density at radius 3 is 2.93 bits per heavy atom. The van der Waals surface area contributed by atoms with Crippen LogP contribution in [0.15, 0.2) is 30.5 Å². The molecule has 3 nitrogen and oxygen atoms in total. The fourth-order valence-corrected chi connectivity index (χ4v) is 1.64. The number of nitrogens with one attached hydrogen (secondary N) is 1. The van der Waals surface area contributed by atoms with Crippen LogP contribution in [0.2, 0.25) is 0 Å². The zero-order valence-corrected chi connectivity index (χ0v) is 8.03. The monoisotopic (exact) mass is 189 g/mol. The number of aromatic nitrogens is 1. The van der Waals surface area contributed by atoms with E-state index in [-0.39, 0.29) is 6.04 Å². The van der Waals surface area contributed by atoms with E-state index in [1.807, 2.05) is 12.3 Å². The normalized spacial score (nSPS) is 13.3. The quantitative estimate of drug-likeness (QED) is 0.685. The predicted molar refractivity (Wildman–Crippen MR) is 58.9 cm³/mol. The smallest absolute Gasteiger partial charge is 0.0457 e. The molecule has 0 fully saturated rings. The van der Waals surface area contributed by atoms with E-state index in [0.29, 0.717) is 6.54 Å². The number of hydrogen-bond donors (Lipinski definition) is 3. The van der Waals surface area contributed by atoms with Gasteiger partial charge in [0, 0.05) is 17.8 Å². The number of H-pyrrole nitrogens is 1. The van der Waals surface area contributed by atoms with Gasteiger partial charge in [0.2, 0.25) is 0 Å². The van der Waals surface area contributed by atoms with E-state index < -0.39 is 0 Å². The molecule has 1 aromatic heterocycles. The topological polar surface area (TPSA) is 67.8 Å². The highest BCUT2D eigenvalue weighted by Crippen LogP contribution is 2.19. The molecule has 3 heteroatoms. The number of aromatic amines is 1. The van der Waals surface area contributed by atoms with Crippen LogP contribution in [0.25, 0.3) is 10.9 Å². The molecule has 0 saturated heterocycles. The fraction of sp³-hybridized carbons (Fsp3) is 0.273. The standard InChI is InChI=1S/C11H15N3/c12-5-3-10(13)9-2-1-8-4-6-14-11(8)7-9/h1-2,4,6-7,10,14H,3,5,12-13H2/t10-/m1/s1. The minimum atomic E-state index is 0.0488. The molecule has 0 amide bonds. The molecule has 0 aliphatic heterocycles. The van der Waals surface area contributed by atoms with Crippen LogP contribution >= 0.6 is 0 Å². The first kappa shape index (κ1) is 9.24. The third-order valence-corrected chi connectivity index (χ3v) is 2.48. The average Bonchev–Trinajstić information content (AvgIpc) is 2.64. The van der Waals surface area contributed by atoms with Gasteiger partial charge in [-0.2, -0.15) is 0 Å². The summed E-state index contributed by atoms with van der Waals surface area (Å²) >= 11 is 0. The van der Waals surface area contributed by atoms with Crippen LogP contribution in [0.1, 0.15) is 18.0 Å². The summed E-state index contributed by atoms with van der Waals surface area (Å²) in [5, 5.41) is 1.22. The number of rotatable bonds is 3. The molecule has 14 heavy (non-hydrogen) atoms. The lowest BCUT2D eigenvalue weighted by Gasteiger charge is -2.10. The molecule has 0 aliphatic carbocycles. The minimum absolute atomic E-state index is 0.0488. The zero-order valence-electron chi connectivity index (χ0n) is 8.03. The van der Waals surface area contributed by atoms with Crippen LogP contribution in [0, 0.1) is 0 Å². The number of hydrogen-bond acceptors (Lipinski definition) is 2. The summed E-state index contributed by atoms with van der Waals surface area (Å²) in [5.41, 5.74) is 13.7. The molecule has 5 N–H and O–H groups in total. The van der Waals surface area contributed by atoms with Crippen LogP contribution < -0.4 is 11.5 Å². The van der Waals surface area contributed by atoms with Gasteiger partial charge in [-0.1, -0.05) is 12.1 Å². The van der Waals surface area contributed by atoms with Crippen LogP contribution in [0.4, 0.5) is 0 Å². The second kappa shape index (κ2) is 3.82. The summed E-state index contributed by atoms with van der Waals surface area (Å²) in [4.78, 5) is 3.17. The molecule has 0 bridgehead atoms. The third-order valence-electron chi connectivity index (χ3n) is 2.48. The molecule has 0 unspecified atom stereocenters. The van der Waals surface area contributed by atoms with Gasteiger partial charge in [-0.25, -0.2) is 0 Å². The Hall–Kier alpha value is -1.32. The van der Waals surface area contributed by atoms with Crippen molar-refractivity contribution in [1.29, 1.82) is 0 Å². The predicted octanol–water partition coefficient (Wildman–Crippen LogP) is 1.52. The molecular formula is C11H15N3. The van der Waals surface area contributed by atoms with E-state index in [2.05, 4.69) is 23.2 Å². The van der Waals surface area contributed by atoms with Crippen LogP contribution in [0.3, 0.4) is 0 Å². The zero-order chi connectivity index (χ0) is 9.97. The van der Waals surface area contributed by atoms with Crippen molar-refractivity contribution in [3.8, 4) is 0 Å². The Bertz CT molecular complexity index is 419. The van der Waals surface area contributed by atoms with Gasteiger partial charge in [0.1, 0.15) is 0 Å². The lowest BCUT2D eigenvalue weighted by Crippen LogP contribution is -2.15. The molecule has 1 heterocycles. The van der Waals surface area contributed by atoms with Crippen molar-refractivity contribution >= 4 is 10.9 Å². The average molecular weight is 189 g/mol. The molecule has 2 aromatic rings. The van der Waals surface area contributed by atoms with E-state index in [0.717, 1.165) is 17.5 Å². The summed E-state index contributed by atoms with van der Waals surface area (Å²) < 4.78 is 0. The van der Waals surface area contributed by atoms with Crippen molar-refractivity contribution < 1.29 is 0 Å². The van der Waals surface area contributed by atoms with E-state index in [1.54, 1.807) is 0 Å². The Morgan fingerprint density at radius 1 is 1.29 bits per heavy atom. The molecule has 0 aliphatic rings. The maximum atomic E-state index is 5.97. The second-order valence-electron chi connectivity index (χ2n) is 3.51. The summed E-state index contributed by atoms with van der Waals surface area (Å²) in [7, 11) is 0. The lowest BCUT2D eigenvalue weighted by atomic mass is 10.0. The van der Waals surface area contributed by atoms with Crippen LogP contribution in [-0.4, -0.2) is 11.5 Å². The summed E-state index contributed by atoms with van der Waals surface area (Å²) in [6.45, 7) is 0.629. The Labute approximate surface area is 83.1 Å². The van der Waals surface area contributed by atoms with Crippen molar-refractivity contribution in [3.63, 3.8) is 0 Å². The summed E-state index contributed by atoms with van der Waals surface area (Å²) in [6.07, 6.45) is 2.76. The van der Waals surface area contributed by atoms with E-state index in [9.17, 15) is 0 Å². The minimum Gasteiger partial charge on any atom is -0.361 e. The fourth-order valence-electron chi connectivity index (χ4n) is 1.64. The van der Waals surface area contributed by atoms with Crippen molar-refractivity contribution in [2.75, 3.05) is 6.54 Å². The number of benzene rings is 1. The van der Waals surface area contributed by atoms with Crippen LogP contribution in [-0.2, 0) is 0 Å². The molecule has 1 aromatic carbocycles. The molecule has 2 rings (SSSR count). The van der Waals surface area contributed by atoms with Crippen molar-refractivity contribution in [2.24, 2.45) is 11.5 Å². The highest BCUT2D eigenvalue weighted by molar-refractivity contribution is 5.79. The van der Waals surface area contributed by atoms with Crippen LogP contribution in [0.5, 0.6) is 0 Å². The Kier molecular flexibility index (Phi) is 2.52. The van der Waals surface area contributed by atoms with Gasteiger partial charge in [-0.3, -0.25) is 0 Å². The summed E-state index contributed by atoms with van der Waals surface area (Å²) in [6, 6.07) is 8.34. The summed E-state index contributed by atoms with van der Waals surface area (Å²) in [5.74, 6) is 0. The number of fused-ring (bicyclic) bond motifs is 1. The highest BCUT2D eigenvalue weighted by Gasteiger charge is 2.05. The Morgan fingerprint density at radius 2 is 2.14 bits per heavy atom. The van der Waals surface area contributed by atoms with E-state index >= 15 is 0 Å².